The van der Waals surface area contributed by atoms with E-state index in [0.717, 1.165) is 73.6 Å². The van der Waals surface area contributed by atoms with Gasteiger partial charge in [0.05, 0.1) is 22.2 Å². The molecule has 6 rings (SSSR count). The van der Waals surface area contributed by atoms with E-state index in [1.54, 1.807) is 28.4 Å². The standard InChI is InChI=1S/C28H38N4O4S.C10H14N2O/c1-18-24(37-17-30-18)20-12-10-19(11-13-20)15-29-26(34)22-9-6-14-32(22)27(35)25(28(2,3)4)31-23(33)16-36-21-7-5-8-21;13-10-3-1-9(2-4-10)12-7-5-11-6-8-12/h10-13,17,21-22,25H,5-9,14-16H2,1-4H3,(H,29,34)(H,31,33);1-4,11,13H,5-8H2. The average molecular weight is 705 g/mol. The maximum atomic E-state index is 13.6. The highest BCUT2D eigenvalue weighted by atomic mass is 32.1. The number of ether oxygens (including phenoxy) is 1. The summed E-state index contributed by atoms with van der Waals surface area (Å²) in [5.74, 6) is -0.344. The van der Waals surface area contributed by atoms with Gasteiger partial charge in [-0.15, -0.1) is 11.3 Å². The molecule has 2 atom stereocenters. The molecule has 270 valence electrons. The smallest absolute Gasteiger partial charge is 0.246 e. The van der Waals surface area contributed by atoms with Gasteiger partial charge in [0.25, 0.3) is 0 Å². The van der Waals surface area contributed by atoms with Crippen LogP contribution in [0.3, 0.4) is 0 Å². The highest BCUT2D eigenvalue weighted by Gasteiger charge is 2.42. The van der Waals surface area contributed by atoms with E-state index in [0.29, 0.717) is 25.3 Å². The number of nitrogens with zero attached hydrogens (tertiary/aromatic N) is 3. The van der Waals surface area contributed by atoms with Crippen molar-refractivity contribution in [2.45, 2.75) is 84.5 Å². The first-order valence-electron chi connectivity index (χ1n) is 17.7. The maximum absolute atomic E-state index is 13.6. The fourth-order valence-electron chi connectivity index (χ4n) is 6.30. The summed E-state index contributed by atoms with van der Waals surface area (Å²) < 4.78 is 5.62. The van der Waals surface area contributed by atoms with E-state index in [1.165, 1.54) is 5.69 Å². The number of aromatic hydroxyl groups is 1. The zero-order valence-electron chi connectivity index (χ0n) is 29.7. The first kappa shape index (κ1) is 37.3. The molecule has 3 amide bonds. The molecule has 0 bridgehead atoms. The van der Waals surface area contributed by atoms with Crippen LogP contribution < -0.4 is 20.9 Å². The van der Waals surface area contributed by atoms with Crippen molar-refractivity contribution in [1.29, 1.82) is 0 Å². The topological polar surface area (TPSA) is 136 Å². The second kappa shape index (κ2) is 17.3. The van der Waals surface area contributed by atoms with Gasteiger partial charge in [-0.1, -0.05) is 45.0 Å². The van der Waals surface area contributed by atoms with Crippen LogP contribution in [0.4, 0.5) is 5.69 Å². The minimum absolute atomic E-state index is 0.0458. The van der Waals surface area contributed by atoms with Gasteiger partial charge in [0.1, 0.15) is 24.4 Å². The largest absolute Gasteiger partial charge is 0.508 e. The van der Waals surface area contributed by atoms with Crippen LogP contribution in [0.1, 0.15) is 64.1 Å². The number of nitrogens with one attached hydrogen (secondary N) is 3. The molecule has 1 aromatic heterocycles. The predicted octanol–water partition coefficient (Wildman–Crippen LogP) is 4.63. The molecule has 2 unspecified atom stereocenters. The van der Waals surface area contributed by atoms with Crippen LogP contribution in [0.5, 0.6) is 5.75 Å². The quantitative estimate of drug-likeness (QED) is 0.240. The van der Waals surface area contributed by atoms with Crippen molar-refractivity contribution in [1.82, 2.24) is 25.8 Å². The monoisotopic (exact) mass is 704 g/mol. The van der Waals surface area contributed by atoms with Crippen molar-refractivity contribution in [2.75, 3.05) is 44.2 Å². The van der Waals surface area contributed by atoms with Crippen molar-refractivity contribution in [3.8, 4) is 16.2 Å². The number of anilines is 1. The second-order valence-corrected chi connectivity index (χ2v) is 15.2. The van der Waals surface area contributed by atoms with E-state index >= 15 is 0 Å². The number of piperazine rings is 1. The Labute approximate surface area is 299 Å². The van der Waals surface area contributed by atoms with E-state index in [4.69, 9.17) is 9.84 Å². The molecule has 0 radical (unpaired) electrons. The fourth-order valence-corrected chi connectivity index (χ4v) is 7.11. The van der Waals surface area contributed by atoms with Gasteiger partial charge < -0.3 is 35.6 Å². The molecule has 2 saturated heterocycles. The third kappa shape index (κ3) is 10.0. The summed E-state index contributed by atoms with van der Waals surface area (Å²) in [6, 6.07) is 14.2. The molecular formula is C38H52N6O5S. The number of aromatic nitrogens is 1. The maximum Gasteiger partial charge on any atom is 0.246 e. The summed E-state index contributed by atoms with van der Waals surface area (Å²) in [4.78, 5) is 48.7. The fraction of sp³-hybridized carbons (Fsp3) is 0.526. The Kier molecular flexibility index (Phi) is 12.9. The molecular weight excluding hydrogens is 653 g/mol. The summed E-state index contributed by atoms with van der Waals surface area (Å²) in [5, 5.41) is 18.3. The first-order chi connectivity index (χ1) is 24.0. The van der Waals surface area contributed by atoms with Crippen LogP contribution in [0.15, 0.2) is 54.0 Å². The molecule has 50 heavy (non-hydrogen) atoms. The van der Waals surface area contributed by atoms with Crippen molar-refractivity contribution >= 4 is 34.7 Å². The summed E-state index contributed by atoms with van der Waals surface area (Å²) in [7, 11) is 0. The zero-order valence-corrected chi connectivity index (χ0v) is 30.6. The number of thiazole rings is 1. The lowest BCUT2D eigenvalue weighted by molar-refractivity contribution is -0.145. The van der Waals surface area contributed by atoms with Crippen molar-refractivity contribution < 1.29 is 24.2 Å². The number of phenolic OH excluding ortho intramolecular Hbond substituents is 1. The summed E-state index contributed by atoms with van der Waals surface area (Å²) in [6.45, 7) is 12.8. The van der Waals surface area contributed by atoms with Crippen molar-refractivity contribution in [3.05, 3.63) is 65.3 Å². The number of carbonyl (C=O) groups is 3. The van der Waals surface area contributed by atoms with Gasteiger partial charge in [-0.25, -0.2) is 4.98 Å². The molecule has 3 heterocycles. The Morgan fingerprint density at radius 2 is 1.70 bits per heavy atom. The van der Waals surface area contributed by atoms with E-state index in [9.17, 15) is 14.4 Å². The Hall–Kier alpha value is -4.00. The Morgan fingerprint density at radius 1 is 1.00 bits per heavy atom. The molecule has 0 spiro atoms. The van der Waals surface area contributed by atoms with Gasteiger partial charge in [-0.3, -0.25) is 14.4 Å². The van der Waals surface area contributed by atoms with Gasteiger partial charge in [-0.2, -0.15) is 0 Å². The van der Waals surface area contributed by atoms with Crippen LogP contribution >= 0.6 is 11.3 Å². The van der Waals surface area contributed by atoms with Crippen LogP contribution in [-0.2, 0) is 25.7 Å². The van der Waals surface area contributed by atoms with Crippen molar-refractivity contribution in [3.63, 3.8) is 0 Å². The highest BCUT2D eigenvalue weighted by Crippen LogP contribution is 2.28. The highest BCUT2D eigenvalue weighted by molar-refractivity contribution is 7.13. The lowest BCUT2D eigenvalue weighted by Gasteiger charge is -2.35. The minimum atomic E-state index is -0.735. The molecule has 2 aliphatic heterocycles. The summed E-state index contributed by atoms with van der Waals surface area (Å²) in [6.07, 6.45) is 4.60. The lowest BCUT2D eigenvalue weighted by Crippen LogP contribution is -2.58. The van der Waals surface area contributed by atoms with Crippen LogP contribution in [-0.4, -0.2) is 90.2 Å². The van der Waals surface area contributed by atoms with Crippen molar-refractivity contribution in [2.24, 2.45) is 5.41 Å². The van der Waals surface area contributed by atoms with E-state index in [1.807, 2.05) is 69.6 Å². The molecule has 12 heteroatoms. The van der Waals surface area contributed by atoms with Gasteiger partial charge in [0, 0.05) is 45.0 Å². The SMILES string of the molecule is Cc1ncsc1-c1ccc(CNC(=O)C2CCCN2C(=O)C(NC(=O)COC2CCC2)C(C)(C)C)cc1.Oc1ccc(N2CCNCC2)cc1. The van der Waals surface area contributed by atoms with Gasteiger partial charge in [0.2, 0.25) is 17.7 Å². The van der Waals surface area contributed by atoms with Gasteiger partial charge in [0.15, 0.2) is 0 Å². The Bertz CT molecular complexity index is 1560. The molecule has 2 aromatic carbocycles. The Morgan fingerprint density at radius 3 is 2.30 bits per heavy atom. The molecule has 3 aliphatic rings. The van der Waals surface area contributed by atoms with Crippen LogP contribution in [0, 0.1) is 12.3 Å². The van der Waals surface area contributed by atoms with E-state index < -0.39 is 17.5 Å². The second-order valence-electron chi connectivity index (χ2n) is 14.4. The van der Waals surface area contributed by atoms with Gasteiger partial charge in [-0.05, 0) is 79.8 Å². The van der Waals surface area contributed by atoms with Crippen LogP contribution in [0.25, 0.3) is 10.4 Å². The number of benzene rings is 2. The third-order valence-electron chi connectivity index (χ3n) is 9.52. The number of phenols is 1. The number of hydrogen-bond donors (Lipinski definition) is 4. The first-order valence-corrected chi connectivity index (χ1v) is 18.6. The average Bonchev–Trinajstić information content (AvgIpc) is 3.75. The van der Waals surface area contributed by atoms with Gasteiger partial charge >= 0.3 is 0 Å². The number of rotatable bonds is 10. The molecule has 3 aromatic rings. The van der Waals surface area contributed by atoms with Crippen LogP contribution in [0.2, 0.25) is 0 Å². The number of aryl methyl sites for hydroxylation is 1. The molecule has 1 aliphatic carbocycles. The normalized spacial score (nSPS) is 18.4. The zero-order chi connectivity index (χ0) is 35.7. The number of amides is 3. The van der Waals surface area contributed by atoms with E-state index in [2.05, 4.69) is 25.8 Å². The minimum Gasteiger partial charge on any atom is -0.508 e. The molecule has 11 nitrogen and oxygen atoms in total. The molecule has 4 N–H and O–H groups in total. The summed E-state index contributed by atoms with van der Waals surface area (Å²) >= 11 is 1.61. The lowest BCUT2D eigenvalue weighted by atomic mass is 9.85. The number of carbonyl (C=O) groups excluding carboxylic acids is 3. The number of hydrogen-bond acceptors (Lipinski definition) is 9. The molecule has 3 fully saturated rings. The third-order valence-corrected chi connectivity index (χ3v) is 10.5. The van der Waals surface area contributed by atoms with E-state index in [-0.39, 0.29) is 30.4 Å². The summed E-state index contributed by atoms with van der Waals surface area (Å²) in [5.41, 5.74) is 5.63. The number of likely N-dealkylation sites (tertiary alicyclic amines) is 1. The molecule has 1 saturated carbocycles. The Balaban J connectivity index is 0.000000311. The predicted molar refractivity (Wildman–Crippen MR) is 197 cm³/mol.